The Labute approximate surface area is 85.7 Å². The highest BCUT2D eigenvalue weighted by atomic mass is 32.2. The third kappa shape index (κ3) is 2.85. The number of sulfonamides is 1. The molecule has 1 unspecified atom stereocenters. The third-order valence-corrected chi connectivity index (χ3v) is 3.80. The van der Waals surface area contributed by atoms with Gasteiger partial charge in [0.25, 0.3) is 10.0 Å². The van der Waals surface area contributed by atoms with Gasteiger partial charge in [0.2, 0.25) is 0 Å². The second-order valence-electron chi connectivity index (χ2n) is 3.42. The number of hydrogen-bond donors (Lipinski definition) is 1. The first-order valence-corrected chi connectivity index (χ1v) is 5.83. The van der Waals surface area contributed by atoms with Gasteiger partial charge in [0.15, 0.2) is 0 Å². The van der Waals surface area contributed by atoms with Crippen LogP contribution in [-0.2, 0) is 14.8 Å². The molecular weight excluding hydrogens is 232 g/mol. The van der Waals surface area contributed by atoms with Gasteiger partial charge in [-0.05, 0) is 12.3 Å². The predicted molar refractivity (Wildman–Crippen MR) is 46.9 cm³/mol. The molecule has 0 radical (unpaired) electrons. The highest BCUT2D eigenvalue weighted by molar-refractivity contribution is 7.89. The molecule has 5 nitrogen and oxygen atoms in total. The standard InChI is InChI=1S/C7H11F2NO4S/c8-7(9)15(13,14)10-2-1-5(4-10)3-6(11)12/h5,7H,1-4H2,(H,11,12). The topological polar surface area (TPSA) is 74.7 Å². The van der Waals surface area contributed by atoms with Gasteiger partial charge >= 0.3 is 11.7 Å². The summed E-state index contributed by atoms with van der Waals surface area (Å²) in [5, 5.41) is 8.46. The first kappa shape index (κ1) is 12.3. The van der Waals surface area contributed by atoms with Crippen molar-refractivity contribution in [2.75, 3.05) is 13.1 Å². The van der Waals surface area contributed by atoms with E-state index >= 15 is 0 Å². The number of carbonyl (C=O) groups is 1. The van der Waals surface area contributed by atoms with E-state index in [9.17, 15) is 22.0 Å². The van der Waals surface area contributed by atoms with Gasteiger partial charge in [-0.1, -0.05) is 0 Å². The summed E-state index contributed by atoms with van der Waals surface area (Å²) in [6.45, 7) is -0.149. The molecule has 1 saturated heterocycles. The molecule has 0 aliphatic carbocycles. The summed E-state index contributed by atoms with van der Waals surface area (Å²) in [6.07, 6.45) is 0.132. The Morgan fingerprint density at radius 3 is 2.60 bits per heavy atom. The third-order valence-electron chi connectivity index (χ3n) is 2.30. The van der Waals surface area contributed by atoms with Crippen LogP contribution in [0.1, 0.15) is 12.8 Å². The molecule has 0 saturated carbocycles. The van der Waals surface area contributed by atoms with Gasteiger partial charge in [-0.2, -0.15) is 13.1 Å². The van der Waals surface area contributed by atoms with Crippen LogP contribution in [0.3, 0.4) is 0 Å². The normalized spacial score (nSPS) is 23.5. The van der Waals surface area contributed by atoms with Crippen molar-refractivity contribution in [1.82, 2.24) is 4.31 Å². The zero-order chi connectivity index (χ0) is 11.6. The molecule has 0 amide bonds. The number of nitrogens with zero attached hydrogens (tertiary/aromatic N) is 1. The molecule has 0 spiro atoms. The molecule has 0 aromatic heterocycles. The van der Waals surface area contributed by atoms with Crippen molar-refractivity contribution in [2.24, 2.45) is 5.92 Å². The van der Waals surface area contributed by atoms with E-state index in [4.69, 9.17) is 5.11 Å². The molecule has 1 rings (SSSR count). The number of halogens is 2. The fraction of sp³-hybridized carbons (Fsp3) is 0.857. The minimum Gasteiger partial charge on any atom is -0.481 e. The van der Waals surface area contributed by atoms with Gasteiger partial charge in [-0.3, -0.25) is 4.79 Å². The van der Waals surface area contributed by atoms with Crippen LogP contribution in [0.25, 0.3) is 0 Å². The van der Waals surface area contributed by atoms with E-state index in [0.29, 0.717) is 10.7 Å². The molecule has 15 heavy (non-hydrogen) atoms. The number of hydrogen-bond acceptors (Lipinski definition) is 3. The Hall–Kier alpha value is -0.760. The SMILES string of the molecule is O=C(O)CC1CCN(S(=O)(=O)C(F)F)C1. The van der Waals surface area contributed by atoms with E-state index < -0.39 is 21.8 Å². The maximum Gasteiger partial charge on any atom is 0.350 e. The highest BCUT2D eigenvalue weighted by Gasteiger charge is 2.37. The summed E-state index contributed by atoms with van der Waals surface area (Å²) >= 11 is 0. The molecule has 1 fully saturated rings. The minimum absolute atomic E-state index is 0.0232. The molecule has 0 bridgehead atoms. The Bertz CT molecular complexity index is 343. The summed E-state index contributed by atoms with van der Waals surface area (Å²) in [5.74, 6) is -4.84. The van der Waals surface area contributed by atoms with Crippen LogP contribution >= 0.6 is 0 Å². The smallest absolute Gasteiger partial charge is 0.350 e. The quantitative estimate of drug-likeness (QED) is 0.772. The monoisotopic (exact) mass is 243 g/mol. The van der Waals surface area contributed by atoms with E-state index in [2.05, 4.69) is 0 Å². The Balaban J connectivity index is 2.60. The first-order chi connectivity index (χ1) is 6.84. The van der Waals surface area contributed by atoms with E-state index in [1.807, 2.05) is 0 Å². The Morgan fingerprint density at radius 2 is 2.13 bits per heavy atom. The average molecular weight is 243 g/mol. The molecule has 0 aromatic carbocycles. The molecule has 1 aliphatic heterocycles. The molecule has 1 N–H and O–H groups in total. The van der Waals surface area contributed by atoms with Gasteiger partial charge < -0.3 is 5.11 Å². The van der Waals surface area contributed by atoms with Crippen LogP contribution in [0.5, 0.6) is 0 Å². The number of carboxylic acid groups (broad SMARTS) is 1. The van der Waals surface area contributed by atoms with Gasteiger partial charge in [0, 0.05) is 19.5 Å². The second kappa shape index (κ2) is 4.40. The van der Waals surface area contributed by atoms with Crippen molar-refractivity contribution in [3.8, 4) is 0 Å². The molecule has 1 atom stereocenters. The predicted octanol–water partition coefficient (Wildman–Crippen LogP) is 0.335. The zero-order valence-corrected chi connectivity index (χ0v) is 8.58. The van der Waals surface area contributed by atoms with Crippen molar-refractivity contribution >= 4 is 16.0 Å². The Morgan fingerprint density at radius 1 is 1.53 bits per heavy atom. The Kier molecular flexibility index (Phi) is 3.61. The van der Waals surface area contributed by atoms with Crippen molar-refractivity contribution in [2.45, 2.75) is 18.6 Å². The van der Waals surface area contributed by atoms with E-state index in [1.165, 1.54) is 0 Å². The lowest BCUT2D eigenvalue weighted by atomic mass is 10.1. The van der Waals surface area contributed by atoms with Crippen molar-refractivity contribution in [3.63, 3.8) is 0 Å². The van der Waals surface area contributed by atoms with Crippen molar-refractivity contribution in [1.29, 1.82) is 0 Å². The summed E-state index contributed by atoms with van der Waals surface area (Å²) in [6, 6.07) is 0. The van der Waals surface area contributed by atoms with Crippen LogP contribution in [0.15, 0.2) is 0 Å². The van der Waals surface area contributed by atoms with Gasteiger partial charge in [0.1, 0.15) is 0 Å². The molecule has 8 heteroatoms. The maximum atomic E-state index is 12.1. The molecular formula is C7H11F2NO4S. The van der Waals surface area contributed by atoms with E-state index in [1.54, 1.807) is 0 Å². The van der Waals surface area contributed by atoms with Crippen molar-refractivity contribution < 1.29 is 27.1 Å². The molecule has 0 aromatic rings. The van der Waals surface area contributed by atoms with Crippen LogP contribution in [-0.4, -0.2) is 42.6 Å². The lowest BCUT2D eigenvalue weighted by Crippen LogP contribution is -2.33. The van der Waals surface area contributed by atoms with Crippen LogP contribution in [0.2, 0.25) is 0 Å². The molecule has 88 valence electrons. The lowest BCUT2D eigenvalue weighted by Gasteiger charge is -2.14. The number of alkyl halides is 2. The van der Waals surface area contributed by atoms with Gasteiger partial charge in [-0.25, -0.2) is 8.42 Å². The average Bonchev–Trinajstić information content (AvgIpc) is 2.51. The summed E-state index contributed by atoms with van der Waals surface area (Å²) in [4.78, 5) is 10.3. The van der Waals surface area contributed by atoms with E-state index in [0.717, 1.165) is 0 Å². The molecule has 1 heterocycles. The number of carboxylic acids is 1. The fourth-order valence-electron chi connectivity index (χ4n) is 1.55. The lowest BCUT2D eigenvalue weighted by molar-refractivity contribution is -0.137. The summed E-state index contributed by atoms with van der Waals surface area (Å²) < 4.78 is 46.9. The minimum atomic E-state index is -4.54. The summed E-state index contributed by atoms with van der Waals surface area (Å²) in [5.41, 5.74) is 0. The molecule has 1 aliphatic rings. The van der Waals surface area contributed by atoms with Crippen LogP contribution < -0.4 is 0 Å². The maximum absolute atomic E-state index is 12.1. The van der Waals surface area contributed by atoms with Crippen LogP contribution in [0.4, 0.5) is 8.78 Å². The second-order valence-corrected chi connectivity index (χ2v) is 5.32. The van der Waals surface area contributed by atoms with Gasteiger partial charge in [-0.15, -0.1) is 0 Å². The number of rotatable bonds is 4. The highest BCUT2D eigenvalue weighted by Crippen LogP contribution is 2.24. The summed E-state index contributed by atoms with van der Waals surface area (Å²) in [7, 11) is -4.54. The van der Waals surface area contributed by atoms with Crippen molar-refractivity contribution in [3.05, 3.63) is 0 Å². The largest absolute Gasteiger partial charge is 0.481 e. The van der Waals surface area contributed by atoms with Gasteiger partial charge in [0.05, 0.1) is 0 Å². The number of aliphatic carboxylic acids is 1. The van der Waals surface area contributed by atoms with Crippen LogP contribution in [0, 0.1) is 5.92 Å². The zero-order valence-electron chi connectivity index (χ0n) is 7.77. The first-order valence-electron chi connectivity index (χ1n) is 4.33. The van der Waals surface area contributed by atoms with E-state index in [-0.39, 0.29) is 25.4 Å². The fourth-order valence-corrected chi connectivity index (χ4v) is 2.56.